The number of hydrogen-bond acceptors (Lipinski definition) is 6. The monoisotopic (exact) mass is 397 g/mol. The van der Waals surface area contributed by atoms with E-state index in [1.165, 1.54) is 0 Å². The van der Waals surface area contributed by atoms with E-state index in [0.29, 0.717) is 23.8 Å². The molecule has 3 rings (SSSR count). The molecule has 11 heteroatoms. The van der Waals surface area contributed by atoms with Crippen LogP contribution < -0.4 is 4.57 Å². The summed E-state index contributed by atoms with van der Waals surface area (Å²) >= 11 is 0. The van der Waals surface area contributed by atoms with Crippen LogP contribution in [0.3, 0.4) is 0 Å². The van der Waals surface area contributed by atoms with Gasteiger partial charge in [-0.05, 0) is 0 Å². The molecule has 0 amide bonds. The highest BCUT2D eigenvalue weighted by Gasteiger charge is 2.33. The van der Waals surface area contributed by atoms with Crippen molar-refractivity contribution < 1.29 is 36.8 Å². The third-order valence-electron chi connectivity index (χ3n) is 3.33. The first kappa shape index (κ1) is 20.8. The van der Waals surface area contributed by atoms with Gasteiger partial charge in [-0.2, -0.15) is 18.2 Å². The quantitative estimate of drug-likeness (QED) is 0.522. The molecule has 0 fully saturated rings. The molecular formula is C17H16F3N4O4+. The predicted octanol–water partition coefficient (Wildman–Crippen LogP) is 2.76. The fraction of sp³-hybridized carbons (Fsp3) is 0.235. The van der Waals surface area contributed by atoms with Crippen LogP contribution in [0.2, 0.25) is 0 Å². The summed E-state index contributed by atoms with van der Waals surface area (Å²) in [5.41, 5.74) is 1.64. The van der Waals surface area contributed by atoms with Gasteiger partial charge in [0, 0.05) is 30.1 Å². The Balaban J connectivity index is 0.000000300. The van der Waals surface area contributed by atoms with Crippen LogP contribution in [0.25, 0.3) is 22.8 Å². The Kier molecular flexibility index (Phi) is 6.64. The van der Waals surface area contributed by atoms with Crippen molar-refractivity contribution in [2.75, 3.05) is 7.11 Å². The lowest BCUT2D eigenvalue weighted by Gasteiger charge is -2.06. The van der Waals surface area contributed by atoms with Crippen molar-refractivity contribution in [1.29, 1.82) is 0 Å². The summed E-state index contributed by atoms with van der Waals surface area (Å²) in [6.45, 7) is 3.02. The maximum absolute atomic E-state index is 11.2. The molecule has 0 aliphatic carbocycles. The summed E-state index contributed by atoms with van der Waals surface area (Å²) in [6.07, 6.45) is 2.35. The number of methoxy groups -OCH3 is 1. The van der Waals surface area contributed by atoms with E-state index in [-0.39, 0.29) is 6.42 Å². The van der Waals surface area contributed by atoms with Gasteiger partial charge in [0.25, 0.3) is 5.71 Å². The van der Waals surface area contributed by atoms with E-state index in [4.69, 9.17) is 9.52 Å². The van der Waals surface area contributed by atoms with Gasteiger partial charge < -0.3 is 14.3 Å². The van der Waals surface area contributed by atoms with Gasteiger partial charge in [0.15, 0.2) is 24.7 Å². The molecule has 0 radical (unpaired) electrons. The van der Waals surface area contributed by atoms with E-state index in [1.54, 1.807) is 29.4 Å². The number of allylic oxidation sites excluding steroid dienone is 1. The van der Waals surface area contributed by atoms with Gasteiger partial charge in [0.1, 0.15) is 6.42 Å². The Hall–Kier alpha value is -3.50. The molecule has 28 heavy (non-hydrogen) atoms. The Morgan fingerprint density at radius 2 is 1.93 bits per heavy atom. The average Bonchev–Trinajstić information content (AvgIpc) is 3.10. The Morgan fingerprint density at radius 1 is 1.29 bits per heavy atom. The Morgan fingerprint density at radius 3 is 2.43 bits per heavy atom. The summed E-state index contributed by atoms with van der Waals surface area (Å²) in [7, 11) is 0.926. The second-order valence-electron chi connectivity index (χ2n) is 5.30. The van der Waals surface area contributed by atoms with Crippen LogP contribution in [-0.2, 0) is 16.1 Å². The average molecular weight is 397 g/mol. The number of alkyl halides is 3. The minimum absolute atomic E-state index is 0.0841. The highest BCUT2D eigenvalue weighted by atomic mass is 19.4. The normalized spacial score (nSPS) is 10.9. The summed E-state index contributed by atoms with van der Waals surface area (Å²) < 4.78 is 44.8. The first-order chi connectivity index (χ1) is 13.2. The van der Waals surface area contributed by atoms with Crippen LogP contribution in [0, 0.1) is 0 Å². The van der Waals surface area contributed by atoms with Crippen molar-refractivity contribution in [1.82, 2.24) is 15.0 Å². The number of oxazole rings is 1. The first-order valence-electron chi connectivity index (χ1n) is 7.79. The molecule has 0 saturated heterocycles. The topological polar surface area (TPSA) is 102 Å². The number of nitrogens with zero attached hydrogens (tertiary/aromatic N) is 4. The van der Waals surface area contributed by atoms with Gasteiger partial charge >= 0.3 is 12.1 Å². The van der Waals surface area contributed by atoms with Gasteiger partial charge in [0.05, 0.1) is 7.11 Å². The predicted molar refractivity (Wildman–Crippen MR) is 89.7 cm³/mol. The van der Waals surface area contributed by atoms with Crippen LogP contribution in [0.15, 0.2) is 53.7 Å². The van der Waals surface area contributed by atoms with Crippen LogP contribution in [0.5, 0.6) is 0 Å². The molecular weight excluding hydrogens is 381 g/mol. The van der Waals surface area contributed by atoms with Crippen molar-refractivity contribution in [3.63, 3.8) is 0 Å². The summed E-state index contributed by atoms with van der Waals surface area (Å²) in [5.74, 6) is -1.55. The Bertz CT molecular complexity index is 922. The number of fused-ring (bicyclic) bond motifs is 1. The largest absolute Gasteiger partial charge is 0.493 e. The number of aliphatic carboxylic acids is 1. The van der Waals surface area contributed by atoms with Crippen LogP contribution in [0.4, 0.5) is 13.2 Å². The number of ether oxygens (including phenoxy) is 1. The smallest absolute Gasteiger partial charge is 0.448 e. The molecule has 1 N–H and O–H groups in total. The second-order valence-corrected chi connectivity index (χ2v) is 5.30. The standard InChI is InChI=1S/C13H10N4O3.C4H5F3O/c18-10(19)3-8-17-6-1-9(2-7-17)12-16-11-13(20-12)15-5-4-14-11;1-3(8-2)4(5,6)7/h1-2,4-7H,3,8H2;1H2,2H3/p+1. The molecule has 0 unspecified atom stereocenters. The number of halogens is 3. The number of carboxylic acid groups (broad SMARTS) is 1. The second kappa shape index (κ2) is 8.93. The van der Waals surface area contributed by atoms with Crippen LogP contribution in [-0.4, -0.2) is 39.3 Å². The summed E-state index contributed by atoms with van der Waals surface area (Å²) in [4.78, 5) is 22.8. The van der Waals surface area contributed by atoms with E-state index in [9.17, 15) is 18.0 Å². The number of hydrogen-bond donors (Lipinski definition) is 1. The number of aromatic nitrogens is 4. The molecule has 8 nitrogen and oxygen atoms in total. The molecule has 0 aromatic carbocycles. The number of carbonyl (C=O) groups is 1. The van der Waals surface area contributed by atoms with E-state index >= 15 is 0 Å². The first-order valence-corrected chi connectivity index (χ1v) is 7.79. The molecule has 0 aliphatic heterocycles. The van der Waals surface area contributed by atoms with E-state index in [2.05, 4.69) is 26.3 Å². The van der Waals surface area contributed by atoms with Crippen LogP contribution in [0.1, 0.15) is 6.42 Å². The van der Waals surface area contributed by atoms with Crippen molar-refractivity contribution in [2.24, 2.45) is 0 Å². The van der Waals surface area contributed by atoms with Gasteiger partial charge in [-0.1, -0.05) is 6.58 Å². The number of aryl methyl sites for hydroxylation is 1. The zero-order chi connectivity index (χ0) is 20.7. The van der Waals surface area contributed by atoms with Gasteiger partial charge in [-0.25, -0.2) is 14.5 Å². The number of carboxylic acids is 1. The summed E-state index contributed by atoms with van der Waals surface area (Å²) in [6, 6.07) is 3.62. The lowest BCUT2D eigenvalue weighted by Crippen LogP contribution is -2.33. The number of rotatable bonds is 5. The minimum atomic E-state index is -4.41. The van der Waals surface area contributed by atoms with Crippen LogP contribution >= 0.6 is 0 Å². The highest BCUT2D eigenvalue weighted by Crippen LogP contribution is 2.23. The molecule has 0 spiro atoms. The molecule has 0 saturated carbocycles. The lowest BCUT2D eigenvalue weighted by molar-refractivity contribution is -0.695. The molecule has 3 aromatic heterocycles. The lowest BCUT2D eigenvalue weighted by atomic mass is 10.2. The van der Waals surface area contributed by atoms with Gasteiger partial charge in [-0.15, -0.1) is 0 Å². The van der Waals surface area contributed by atoms with Crippen molar-refractivity contribution in [3.8, 4) is 11.5 Å². The molecule has 148 valence electrons. The van der Waals surface area contributed by atoms with Gasteiger partial charge in [0.2, 0.25) is 11.5 Å². The van der Waals surface area contributed by atoms with E-state index in [1.807, 2.05) is 12.1 Å². The number of pyridine rings is 1. The van der Waals surface area contributed by atoms with Crippen molar-refractivity contribution in [2.45, 2.75) is 19.1 Å². The summed E-state index contributed by atoms with van der Waals surface area (Å²) in [5, 5.41) is 8.64. The zero-order valence-electron chi connectivity index (χ0n) is 14.7. The maximum atomic E-state index is 11.2. The van der Waals surface area contributed by atoms with E-state index in [0.717, 1.165) is 12.7 Å². The zero-order valence-corrected chi connectivity index (χ0v) is 14.7. The molecule has 3 heterocycles. The third kappa shape index (κ3) is 5.76. The van der Waals surface area contributed by atoms with Crippen molar-refractivity contribution in [3.05, 3.63) is 49.3 Å². The molecule has 0 aliphatic rings. The molecule has 0 bridgehead atoms. The minimum Gasteiger partial charge on any atom is -0.493 e. The van der Waals surface area contributed by atoms with Crippen molar-refractivity contribution >= 4 is 17.3 Å². The highest BCUT2D eigenvalue weighted by molar-refractivity contribution is 5.67. The van der Waals surface area contributed by atoms with E-state index < -0.39 is 17.9 Å². The molecule has 0 atom stereocenters. The third-order valence-corrected chi connectivity index (χ3v) is 3.33. The SMILES string of the molecule is C=C(OC)C(F)(F)F.O=C(O)CC[n+]1ccc(-c2nc3nccnc3o2)cc1. The van der Waals surface area contributed by atoms with Gasteiger partial charge in [-0.3, -0.25) is 4.79 Å². The maximum Gasteiger partial charge on any atom is 0.448 e. The fourth-order valence-electron chi connectivity index (χ4n) is 1.89. The fourth-order valence-corrected chi connectivity index (χ4v) is 1.89. The Labute approximate surface area is 156 Å². The molecule has 3 aromatic rings.